The van der Waals surface area contributed by atoms with Crippen LogP contribution in [0.5, 0.6) is 5.75 Å². The van der Waals surface area contributed by atoms with Crippen LogP contribution in [0.4, 0.5) is 0 Å². The van der Waals surface area contributed by atoms with Crippen molar-refractivity contribution < 1.29 is 14.8 Å². The minimum absolute atomic E-state index is 0.525. The molecule has 1 aromatic rings. The van der Waals surface area contributed by atoms with Gasteiger partial charge in [0.1, 0.15) is 5.75 Å². The normalized spacial score (nSPS) is 20.5. The van der Waals surface area contributed by atoms with Gasteiger partial charge in [0.25, 0.3) is 0 Å². The summed E-state index contributed by atoms with van der Waals surface area (Å²) in [6.45, 7) is 9.26. The van der Waals surface area contributed by atoms with E-state index in [-0.39, 0.29) is 0 Å². The number of hydrogen-bond acceptors (Lipinski definition) is 5. The Morgan fingerprint density at radius 3 is 2.67 bits per heavy atom. The summed E-state index contributed by atoms with van der Waals surface area (Å²) in [7, 11) is 0.177. The molecule has 1 fully saturated rings. The summed E-state index contributed by atoms with van der Waals surface area (Å²) in [5, 5.41) is 19.0. The molecule has 0 radical (unpaired) electrons. The maximum atomic E-state index is 9.52. The van der Waals surface area contributed by atoms with Crippen molar-refractivity contribution in [1.29, 1.82) is 0 Å². The fraction of sp³-hybridized carbons (Fsp3) is 0.600. The van der Waals surface area contributed by atoms with Gasteiger partial charge in [0.05, 0.1) is 7.11 Å². The minimum atomic E-state index is -1.44. The lowest BCUT2D eigenvalue weighted by Crippen LogP contribution is -2.51. The fourth-order valence-corrected chi connectivity index (χ4v) is 3.02. The largest absolute Gasteiger partial charge is 0.497 e. The average molecular weight is 292 g/mol. The first kappa shape index (κ1) is 16.3. The van der Waals surface area contributed by atoms with Crippen LogP contribution in [0.15, 0.2) is 18.2 Å². The molecule has 1 heterocycles. The van der Waals surface area contributed by atoms with Crippen LogP contribution in [-0.4, -0.2) is 66.3 Å². The van der Waals surface area contributed by atoms with Crippen LogP contribution in [-0.2, 0) is 6.54 Å². The van der Waals surface area contributed by atoms with Crippen molar-refractivity contribution in [3.05, 3.63) is 23.8 Å². The molecule has 1 atom stereocenters. The van der Waals surface area contributed by atoms with E-state index in [4.69, 9.17) is 4.74 Å². The average Bonchev–Trinajstić information content (AvgIpc) is 2.47. The SMILES string of the molecule is CCN1CCN(Cc2cc(OC)ccc2B(O)O)CC1C. The summed E-state index contributed by atoms with van der Waals surface area (Å²) in [5.41, 5.74) is 1.47. The molecule has 0 aromatic heterocycles. The van der Waals surface area contributed by atoms with Gasteiger partial charge in [-0.3, -0.25) is 9.80 Å². The quantitative estimate of drug-likeness (QED) is 0.742. The molecule has 6 heteroatoms. The third-order valence-corrected chi connectivity index (χ3v) is 4.28. The zero-order valence-corrected chi connectivity index (χ0v) is 13.1. The van der Waals surface area contributed by atoms with Crippen LogP contribution >= 0.6 is 0 Å². The lowest BCUT2D eigenvalue weighted by atomic mass is 9.76. The highest BCUT2D eigenvalue weighted by molar-refractivity contribution is 6.59. The van der Waals surface area contributed by atoms with E-state index in [9.17, 15) is 10.0 Å². The Morgan fingerprint density at radius 2 is 2.10 bits per heavy atom. The van der Waals surface area contributed by atoms with Crippen LogP contribution in [0, 0.1) is 0 Å². The molecule has 1 aliphatic heterocycles. The van der Waals surface area contributed by atoms with E-state index in [0.29, 0.717) is 18.0 Å². The van der Waals surface area contributed by atoms with Crippen LogP contribution in [0.1, 0.15) is 19.4 Å². The lowest BCUT2D eigenvalue weighted by Gasteiger charge is -2.39. The molecule has 0 amide bonds. The third-order valence-electron chi connectivity index (χ3n) is 4.28. The Balaban J connectivity index is 2.11. The van der Waals surface area contributed by atoms with Gasteiger partial charge in [-0.25, -0.2) is 0 Å². The molecule has 0 spiro atoms. The van der Waals surface area contributed by atoms with E-state index >= 15 is 0 Å². The minimum Gasteiger partial charge on any atom is -0.497 e. The van der Waals surface area contributed by atoms with Gasteiger partial charge in [0, 0.05) is 32.2 Å². The smallest absolute Gasteiger partial charge is 0.488 e. The van der Waals surface area contributed by atoms with E-state index in [2.05, 4.69) is 23.6 Å². The molecular weight excluding hydrogens is 267 g/mol. The highest BCUT2D eigenvalue weighted by atomic mass is 16.5. The molecule has 2 rings (SSSR count). The summed E-state index contributed by atoms with van der Waals surface area (Å²) in [5.74, 6) is 0.745. The number of rotatable bonds is 5. The van der Waals surface area contributed by atoms with Crippen molar-refractivity contribution in [1.82, 2.24) is 9.80 Å². The highest BCUT2D eigenvalue weighted by Crippen LogP contribution is 2.16. The van der Waals surface area contributed by atoms with Gasteiger partial charge in [-0.2, -0.15) is 0 Å². The first-order valence-corrected chi connectivity index (χ1v) is 7.54. The Kier molecular flexibility index (Phi) is 5.64. The van der Waals surface area contributed by atoms with Gasteiger partial charge < -0.3 is 14.8 Å². The lowest BCUT2D eigenvalue weighted by molar-refractivity contribution is 0.0835. The van der Waals surface area contributed by atoms with Gasteiger partial charge in [-0.15, -0.1) is 0 Å². The van der Waals surface area contributed by atoms with Gasteiger partial charge in [-0.05, 0) is 36.6 Å². The second kappa shape index (κ2) is 7.27. The van der Waals surface area contributed by atoms with Crippen LogP contribution < -0.4 is 10.2 Å². The van der Waals surface area contributed by atoms with E-state index < -0.39 is 7.12 Å². The van der Waals surface area contributed by atoms with Crippen molar-refractivity contribution in [3.8, 4) is 5.75 Å². The Hall–Kier alpha value is -1.08. The molecule has 5 nitrogen and oxygen atoms in total. The summed E-state index contributed by atoms with van der Waals surface area (Å²) < 4.78 is 5.24. The monoisotopic (exact) mass is 292 g/mol. The standard InChI is InChI=1S/C15H25BN2O3/c1-4-18-8-7-17(10-12(18)2)11-13-9-14(21-3)5-6-15(13)16(19)20/h5-6,9,12,19-20H,4,7-8,10-11H2,1-3H3. The van der Waals surface area contributed by atoms with Gasteiger partial charge in [0.2, 0.25) is 0 Å². The van der Waals surface area contributed by atoms with Crippen molar-refractivity contribution in [2.24, 2.45) is 0 Å². The van der Waals surface area contributed by atoms with Crippen molar-refractivity contribution in [2.45, 2.75) is 26.4 Å². The van der Waals surface area contributed by atoms with Crippen LogP contribution in [0.2, 0.25) is 0 Å². The molecule has 0 aliphatic carbocycles. The number of ether oxygens (including phenoxy) is 1. The van der Waals surface area contributed by atoms with Crippen molar-refractivity contribution >= 4 is 12.6 Å². The number of methoxy groups -OCH3 is 1. The van der Waals surface area contributed by atoms with Crippen LogP contribution in [0.25, 0.3) is 0 Å². The Bertz CT molecular complexity index is 470. The number of piperazine rings is 1. The topological polar surface area (TPSA) is 56.2 Å². The maximum Gasteiger partial charge on any atom is 0.488 e. The van der Waals surface area contributed by atoms with E-state index in [1.165, 1.54) is 0 Å². The Labute approximate surface area is 127 Å². The molecular formula is C15H25BN2O3. The first-order chi connectivity index (χ1) is 10.0. The third kappa shape index (κ3) is 3.98. The van der Waals surface area contributed by atoms with Gasteiger partial charge in [-0.1, -0.05) is 13.0 Å². The van der Waals surface area contributed by atoms with E-state index in [1.807, 2.05) is 6.07 Å². The van der Waals surface area contributed by atoms with Crippen molar-refractivity contribution in [2.75, 3.05) is 33.3 Å². The molecule has 0 bridgehead atoms. The molecule has 1 aliphatic rings. The van der Waals surface area contributed by atoms with Gasteiger partial charge in [0.15, 0.2) is 0 Å². The van der Waals surface area contributed by atoms with Crippen molar-refractivity contribution in [3.63, 3.8) is 0 Å². The molecule has 2 N–H and O–H groups in total. The zero-order valence-electron chi connectivity index (χ0n) is 13.1. The summed E-state index contributed by atoms with van der Waals surface area (Å²) >= 11 is 0. The molecule has 1 saturated heterocycles. The molecule has 1 unspecified atom stereocenters. The Morgan fingerprint density at radius 1 is 1.33 bits per heavy atom. The van der Waals surface area contributed by atoms with Crippen LogP contribution in [0.3, 0.4) is 0 Å². The molecule has 0 saturated carbocycles. The predicted molar refractivity (Wildman–Crippen MR) is 84.8 cm³/mol. The maximum absolute atomic E-state index is 9.52. The summed E-state index contributed by atoms with van der Waals surface area (Å²) in [4.78, 5) is 4.82. The first-order valence-electron chi connectivity index (χ1n) is 7.54. The number of benzene rings is 1. The molecule has 116 valence electrons. The van der Waals surface area contributed by atoms with E-state index in [0.717, 1.165) is 37.5 Å². The summed E-state index contributed by atoms with van der Waals surface area (Å²) in [6, 6.07) is 5.91. The second-order valence-corrected chi connectivity index (χ2v) is 5.65. The predicted octanol–water partition coefficient (Wildman–Crippen LogP) is -0.0990. The zero-order chi connectivity index (χ0) is 15.4. The number of hydrogen-bond donors (Lipinski definition) is 2. The van der Waals surface area contributed by atoms with Gasteiger partial charge >= 0.3 is 7.12 Å². The highest BCUT2D eigenvalue weighted by Gasteiger charge is 2.24. The molecule has 21 heavy (non-hydrogen) atoms. The number of nitrogens with zero attached hydrogens (tertiary/aromatic N) is 2. The number of likely N-dealkylation sites (N-methyl/N-ethyl adjacent to an activating group) is 1. The summed E-state index contributed by atoms with van der Waals surface area (Å²) in [6.07, 6.45) is 0. The van der Waals surface area contributed by atoms with E-state index in [1.54, 1.807) is 19.2 Å². The fourth-order valence-electron chi connectivity index (χ4n) is 3.02. The second-order valence-electron chi connectivity index (χ2n) is 5.65. The molecule has 1 aromatic carbocycles.